The molecule has 0 amide bonds. The first-order chi connectivity index (χ1) is 8.93. The van der Waals surface area contributed by atoms with Crippen molar-refractivity contribution in [2.24, 2.45) is 0 Å². The lowest BCUT2D eigenvalue weighted by Gasteiger charge is -2.14. The molecule has 0 heterocycles. The zero-order chi connectivity index (χ0) is 12.9. The second-order valence-corrected chi connectivity index (χ2v) is 6.45. The van der Waals surface area contributed by atoms with Crippen LogP contribution in [0.4, 0.5) is 0 Å². The van der Waals surface area contributed by atoms with Crippen LogP contribution < -0.4 is 0 Å². The minimum Gasteiger partial charge on any atom is -0.0891 e. The Labute approximate surface area is 117 Å². The van der Waals surface area contributed by atoms with E-state index in [1.165, 1.54) is 104 Å². The molecule has 0 aliphatic heterocycles. The molecule has 0 aromatic carbocycles. The van der Waals surface area contributed by atoms with E-state index < -0.39 is 0 Å². The zero-order valence-electron chi connectivity index (χ0n) is 12.9. The summed E-state index contributed by atoms with van der Waals surface area (Å²) in [7, 11) is 1.42. The molecule has 1 aliphatic rings. The molecular formula is C17H35B. The van der Waals surface area contributed by atoms with Crippen LogP contribution in [-0.2, 0) is 0 Å². The standard InChI is InChI=1S/C17H35B/c1-18-17-15-13-11-9-7-5-3-2-4-6-8-10-12-14-16-17/h17-18H,2-16H2,1H3. The Morgan fingerprint density at radius 1 is 0.500 bits per heavy atom. The molecule has 1 rings (SSSR count). The summed E-state index contributed by atoms with van der Waals surface area (Å²) in [4.78, 5) is 0. The molecule has 0 aromatic heterocycles. The van der Waals surface area contributed by atoms with Crippen LogP contribution in [0.15, 0.2) is 0 Å². The summed E-state index contributed by atoms with van der Waals surface area (Å²) in [5, 5.41) is 0. The first-order valence-corrected chi connectivity index (χ1v) is 8.93. The summed E-state index contributed by atoms with van der Waals surface area (Å²) in [6, 6.07) is 0. The molecule has 0 nitrogen and oxygen atoms in total. The second-order valence-electron chi connectivity index (χ2n) is 6.45. The van der Waals surface area contributed by atoms with Crippen molar-refractivity contribution in [3.8, 4) is 0 Å². The van der Waals surface area contributed by atoms with E-state index in [-0.39, 0.29) is 0 Å². The highest BCUT2D eigenvalue weighted by Crippen LogP contribution is 2.23. The predicted molar refractivity (Wildman–Crippen MR) is 86.0 cm³/mol. The predicted octanol–water partition coefficient (Wildman–Crippen LogP) is 6.12. The Balaban J connectivity index is 2.15. The molecule has 1 saturated carbocycles. The highest BCUT2D eigenvalue weighted by molar-refractivity contribution is 6.35. The average Bonchev–Trinajstić information content (AvgIpc) is 2.39. The van der Waals surface area contributed by atoms with Crippen molar-refractivity contribution in [2.75, 3.05) is 0 Å². The molecule has 0 spiro atoms. The normalized spacial score (nSPS) is 23.6. The van der Waals surface area contributed by atoms with E-state index in [1.54, 1.807) is 0 Å². The minimum atomic E-state index is 1.04. The number of rotatable bonds is 1. The monoisotopic (exact) mass is 250 g/mol. The summed E-state index contributed by atoms with van der Waals surface area (Å²) in [5.41, 5.74) is 0. The molecule has 0 atom stereocenters. The molecule has 106 valence electrons. The molecule has 18 heavy (non-hydrogen) atoms. The van der Waals surface area contributed by atoms with Crippen molar-refractivity contribution in [3.05, 3.63) is 0 Å². The molecule has 0 bridgehead atoms. The summed E-state index contributed by atoms with van der Waals surface area (Å²) >= 11 is 0. The van der Waals surface area contributed by atoms with Crippen molar-refractivity contribution in [3.63, 3.8) is 0 Å². The van der Waals surface area contributed by atoms with E-state index in [2.05, 4.69) is 6.82 Å². The highest BCUT2D eigenvalue weighted by atomic mass is 14.1. The van der Waals surface area contributed by atoms with E-state index in [1.807, 2.05) is 0 Å². The Bertz CT molecular complexity index is 151. The van der Waals surface area contributed by atoms with Crippen molar-refractivity contribution >= 4 is 7.28 Å². The SMILES string of the molecule is CBC1CCCCCCCCCCCCCCC1. The zero-order valence-corrected chi connectivity index (χ0v) is 12.9. The molecule has 0 saturated heterocycles. The molecule has 0 N–H and O–H groups in total. The van der Waals surface area contributed by atoms with E-state index in [9.17, 15) is 0 Å². The largest absolute Gasteiger partial charge is 0.120 e. The number of hydrogen-bond donors (Lipinski definition) is 0. The first kappa shape index (κ1) is 16.1. The van der Waals surface area contributed by atoms with Crippen LogP contribution in [-0.4, -0.2) is 7.28 Å². The van der Waals surface area contributed by atoms with Crippen molar-refractivity contribution in [2.45, 2.75) is 109 Å². The summed E-state index contributed by atoms with van der Waals surface area (Å²) in [6.45, 7) is 2.39. The van der Waals surface area contributed by atoms with Gasteiger partial charge in [-0.2, -0.15) is 0 Å². The fourth-order valence-electron chi connectivity index (χ4n) is 3.36. The first-order valence-electron chi connectivity index (χ1n) is 8.93. The van der Waals surface area contributed by atoms with E-state index in [0.717, 1.165) is 5.82 Å². The lowest BCUT2D eigenvalue weighted by atomic mass is 9.63. The van der Waals surface area contributed by atoms with Crippen LogP contribution in [0.3, 0.4) is 0 Å². The molecule has 0 unspecified atom stereocenters. The van der Waals surface area contributed by atoms with Gasteiger partial charge < -0.3 is 0 Å². The second kappa shape index (κ2) is 12.1. The Morgan fingerprint density at radius 2 is 0.778 bits per heavy atom. The Hall–Kier alpha value is 0.0649. The molecular weight excluding hydrogens is 215 g/mol. The van der Waals surface area contributed by atoms with Crippen molar-refractivity contribution in [1.82, 2.24) is 0 Å². The smallest absolute Gasteiger partial charge is 0.0891 e. The third kappa shape index (κ3) is 9.06. The van der Waals surface area contributed by atoms with Crippen LogP contribution in [0.1, 0.15) is 96.3 Å². The molecule has 1 aliphatic carbocycles. The Kier molecular flexibility index (Phi) is 10.9. The van der Waals surface area contributed by atoms with Gasteiger partial charge in [-0.05, 0) is 0 Å². The maximum absolute atomic E-state index is 2.39. The summed E-state index contributed by atoms with van der Waals surface area (Å²) < 4.78 is 0. The van der Waals surface area contributed by atoms with Crippen molar-refractivity contribution in [1.29, 1.82) is 0 Å². The fraction of sp³-hybridized carbons (Fsp3) is 1.00. The molecule has 0 radical (unpaired) electrons. The topological polar surface area (TPSA) is 0 Å². The van der Waals surface area contributed by atoms with Gasteiger partial charge in [0.05, 0.1) is 0 Å². The van der Waals surface area contributed by atoms with Gasteiger partial charge in [0, 0.05) is 0 Å². The average molecular weight is 250 g/mol. The lowest BCUT2D eigenvalue weighted by molar-refractivity contribution is 0.503. The minimum absolute atomic E-state index is 1.04. The van der Waals surface area contributed by atoms with Crippen LogP contribution in [0.2, 0.25) is 12.6 Å². The van der Waals surface area contributed by atoms with Gasteiger partial charge in [-0.1, -0.05) is 109 Å². The van der Waals surface area contributed by atoms with Gasteiger partial charge in [0.1, 0.15) is 7.28 Å². The third-order valence-corrected chi connectivity index (χ3v) is 4.80. The van der Waals surface area contributed by atoms with Crippen LogP contribution >= 0.6 is 0 Å². The maximum Gasteiger partial charge on any atom is 0.120 e. The van der Waals surface area contributed by atoms with Gasteiger partial charge in [0.2, 0.25) is 0 Å². The quantitative estimate of drug-likeness (QED) is 0.491. The summed E-state index contributed by atoms with van der Waals surface area (Å²) in [5.74, 6) is 1.04. The van der Waals surface area contributed by atoms with Gasteiger partial charge in [0.25, 0.3) is 0 Å². The maximum atomic E-state index is 2.39. The molecule has 0 aromatic rings. The lowest BCUT2D eigenvalue weighted by Crippen LogP contribution is -2.00. The molecule has 1 heteroatoms. The molecule has 1 fully saturated rings. The van der Waals surface area contributed by atoms with Crippen LogP contribution in [0.25, 0.3) is 0 Å². The fourth-order valence-corrected chi connectivity index (χ4v) is 3.36. The van der Waals surface area contributed by atoms with Gasteiger partial charge in [-0.25, -0.2) is 0 Å². The van der Waals surface area contributed by atoms with E-state index in [0.29, 0.717) is 0 Å². The third-order valence-electron chi connectivity index (χ3n) is 4.80. The highest BCUT2D eigenvalue weighted by Gasteiger charge is 2.07. The van der Waals surface area contributed by atoms with Crippen molar-refractivity contribution < 1.29 is 0 Å². The summed E-state index contributed by atoms with van der Waals surface area (Å²) in [6.07, 6.45) is 22.5. The number of hydrogen-bond acceptors (Lipinski definition) is 0. The van der Waals surface area contributed by atoms with E-state index >= 15 is 0 Å². The van der Waals surface area contributed by atoms with Gasteiger partial charge in [0.15, 0.2) is 0 Å². The van der Waals surface area contributed by atoms with Gasteiger partial charge in [-0.3, -0.25) is 0 Å². The van der Waals surface area contributed by atoms with E-state index in [4.69, 9.17) is 0 Å². The van der Waals surface area contributed by atoms with Crippen LogP contribution in [0.5, 0.6) is 0 Å². The van der Waals surface area contributed by atoms with Gasteiger partial charge >= 0.3 is 0 Å². The Morgan fingerprint density at radius 3 is 1.06 bits per heavy atom. The van der Waals surface area contributed by atoms with Crippen LogP contribution in [0, 0.1) is 0 Å². The van der Waals surface area contributed by atoms with Gasteiger partial charge in [-0.15, -0.1) is 0 Å².